The standard InChI is InChI=1S/C24H22F6N4O3S/c1-12(24(28,29)30)13(2)33-38(35,36)15-6-7-19(32-11-15)22-17(10-31)16-8-18(25)21(37-23(26)27)9-20(16)34(22)14-4-3-5-14/h6-9,11-14,23,33H,3-5H2,1-2H3. The number of ether oxygens (including phenoxy) is 1. The van der Waals surface area contributed by atoms with Gasteiger partial charge in [0.25, 0.3) is 0 Å². The molecule has 1 saturated carbocycles. The number of fused-ring (bicyclic) bond motifs is 1. The first-order valence-electron chi connectivity index (χ1n) is 11.5. The number of benzene rings is 1. The molecule has 0 radical (unpaired) electrons. The summed E-state index contributed by atoms with van der Waals surface area (Å²) < 4.78 is 112. The number of aromatic nitrogens is 2. The molecule has 204 valence electrons. The summed E-state index contributed by atoms with van der Waals surface area (Å²) in [4.78, 5) is 3.76. The lowest BCUT2D eigenvalue weighted by atomic mass is 9.92. The van der Waals surface area contributed by atoms with Crippen molar-refractivity contribution < 1.29 is 39.5 Å². The van der Waals surface area contributed by atoms with Crippen LogP contribution in [0, 0.1) is 23.1 Å². The third-order valence-electron chi connectivity index (χ3n) is 6.72. The van der Waals surface area contributed by atoms with Crippen molar-refractivity contribution >= 4 is 20.9 Å². The van der Waals surface area contributed by atoms with Gasteiger partial charge in [0.05, 0.1) is 28.4 Å². The number of nitrogens with zero attached hydrogens (tertiary/aromatic N) is 3. The number of rotatable bonds is 8. The maximum Gasteiger partial charge on any atom is 0.393 e. The number of alkyl halides is 5. The summed E-state index contributed by atoms with van der Waals surface area (Å²) in [5.41, 5.74) is 0.644. The summed E-state index contributed by atoms with van der Waals surface area (Å²) in [6.07, 6.45) is -1.42. The van der Waals surface area contributed by atoms with Gasteiger partial charge in [-0.2, -0.15) is 27.2 Å². The molecule has 14 heteroatoms. The molecule has 2 unspecified atom stereocenters. The highest BCUT2D eigenvalue weighted by molar-refractivity contribution is 7.89. The van der Waals surface area contributed by atoms with Crippen LogP contribution in [0.15, 0.2) is 35.4 Å². The van der Waals surface area contributed by atoms with Gasteiger partial charge < -0.3 is 9.30 Å². The minimum Gasteiger partial charge on any atom is -0.432 e. The molecule has 0 bridgehead atoms. The monoisotopic (exact) mass is 560 g/mol. The Hall–Kier alpha value is -3.31. The molecule has 38 heavy (non-hydrogen) atoms. The predicted molar refractivity (Wildman–Crippen MR) is 124 cm³/mol. The number of halogens is 6. The van der Waals surface area contributed by atoms with Crippen molar-refractivity contribution in [3.8, 4) is 23.2 Å². The lowest BCUT2D eigenvalue weighted by molar-refractivity contribution is -0.174. The second-order valence-electron chi connectivity index (χ2n) is 9.09. The SMILES string of the molecule is CC(NS(=O)(=O)c1ccc(-c2c(C#N)c3cc(F)c(OC(F)F)cc3n2C2CCC2)nc1)C(C)C(F)(F)F. The van der Waals surface area contributed by atoms with Crippen molar-refractivity contribution in [3.05, 3.63) is 41.8 Å². The van der Waals surface area contributed by atoms with Crippen LogP contribution >= 0.6 is 0 Å². The second kappa shape index (κ2) is 10.1. The van der Waals surface area contributed by atoms with Crippen LogP contribution < -0.4 is 9.46 Å². The second-order valence-corrected chi connectivity index (χ2v) is 10.8. The zero-order valence-corrected chi connectivity index (χ0v) is 20.9. The van der Waals surface area contributed by atoms with Crippen LogP contribution in [-0.2, 0) is 10.0 Å². The van der Waals surface area contributed by atoms with Gasteiger partial charge in [0, 0.05) is 29.7 Å². The van der Waals surface area contributed by atoms with E-state index in [0.717, 1.165) is 44.7 Å². The Morgan fingerprint density at radius 3 is 2.39 bits per heavy atom. The molecule has 1 fully saturated rings. The fraction of sp³-hybridized carbons (Fsp3) is 0.417. The molecule has 2 aromatic heterocycles. The highest BCUT2D eigenvalue weighted by atomic mass is 32.2. The van der Waals surface area contributed by atoms with Crippen molar-refractivity contribution in [2.45, 2.75) is 62.9 Å². The molecule has 7 nitrogen and oxygen atoms in total. The van der Waals surface area contributed by atoms with E-state index < -0.39 is 51.2 Å². The number of hydrogen-bond donors (Lipinski definition) is 1. The average Bonchev–Trinajstić information content (AvgIpc) is 3.09. The molecule has 0 amide bonds. The first-order valence-corrected chi connectivity index (χ1v) is 13.0. The van der Waals surface area contributed by atoms with E-state index in [1.165, 1.54) is 6.07 Å². The van der Waals surface area contributed by atoms with Gasteiger partial charge in [-0.15, -0.1) is 0 Å². The first kappa shape index (κ1) is 27.7. The highest BCUT2D eigenvalue weighted by Gasteiger charge is 2.41. The largest absolute Gasteiger partial charge is 0.432 e. The Labute approximate surface area is 214 Å². The molecule has 3 aromatic rings. The van der Waals surface area contributed by atoms with E-state index in [2.05, 4.69) is 9.72 Å². The molecule has 2 atom stereocenters. The van der Waals surface area contributed by atoms with E-state index in [9.17, 15) is 40.0 Å². The number of nitrogens with one attached hydrogen (secondary N) is 1. The third kappa shape index (κ3) is 5.17. The van der Waals surface area contributed by atoms with E-state index >= 15 is 0 Å². The molecule has 1 aliphatic carbocycles. The van der Waals surface area contributed by atoms with Crippen molar-refractivity contribution in [2.24, 2.45) is 5.92 Å². The zero-order chi connectivity index (χ0) is 28.0. The zero-order valence-electron chi connectivity index (χ0n) is 20.1. The molecule has 0 aliphatic heterocycles. The van der Waals surface area contributed by atoms with E-state index in [1.807, 2.05) is 10.8 Å². The maximum atomic E-state index is 14.5. The van der Waals surface area contributed by atoms with Gasteiger partial charge in [-0.1, -0.05) is 6.92 Å². The average molecular weight is 561 g/mol. The molecule has 4 rings (SSSR count). The van der Waals surface area contributed by atoms with Crippen LogP contribution in [0.2, 0.25) is 0 Å². The van der Waals surface area contributed by atoms with Crippen LogP contribution in [0.4, 0.5) is 26.3 Å². The highest BCUT2D eigenvalue weighted by Crippen LogP contribution is 2.43. The minimum atomic E-state index is -4.60. The van der Waals surface area contributed by atoms with Crippen molar-refractivity contribution in [3.63, 3.8) is 0 Å². The third-order valence-corrected chi connectivity index (χ3v) is 8.27. The van der Waals surface area contributed by atoms with Crippen LogP contribution in [0.5, 0.6) is 5.75 Å². The van der Waals surface area contributed by atoms with Gasteiger partial charge >= 0.3 is 12.8 Å². The summed E-state index contributed by atoms with van der Waals surface area (Å²) >= 11 is 0. The molecular weight excluding hydrogens is 538 g/mol. The number of nitriles is 1. The maximum absolute atomic E-state index is 14.5. The van der Waals surface area contributed by atoms with E-state index in [0.29, 0.717) is 12.8 Å². The van der Waals surface area contributed by atoms with Gasteiger partial charge in [0.1, 0.15) is 11.0 Å². The fourth-order valence-corrected chi connectivity index (χ4v) is 5.53. The van der Waals surface area contributed by atoms with Gasteiger partial charge in [0.15, 0.2) is 11.6 Å². The topological polar surface area (TPSA) is 97.0 Å². The van der Waals surface area contributed by atoms with Gasteiger partial charge in [-0.3, -0.25) is 4.98 Å². The van der Waals surface area contributed by atoms with Crippen LogP contribution in [0.1, 0.15) is 44.7 Å². The summed E-state index contributed by atoms with van der Waals surface area (Å²) in [6.45, 7) is -1.31. The Balaban J connectivity index is 1.78. The van der Waals surface area contributed by atoms with E-state index in [1.54, 1.807) is 4.57 Å². The normalized spacial score (nSPS) is 16.3. The minimum absolute atomic E-state index is 0.00301. The summed E-state index contributed by atoms with van der Waals surface area (Å²) in [5, 5.41) is 10.0. The fourth-order valence-electron chi connectivity index (χ4n) is 4.26. The molecule has 0 spiro atoms. The first-order chi connectivity index (χ1) is 17.7. The van der Waals surface area contributed by atoms with Gasteiger partial charge in [-0.05, 0) is 44.4 Å². The quantitative estimate of drug-likeness (QED) is 0.346. The molecule has 2 heterocycles. The Morgan fingerprint density at radius 1 is 1.21 bits per heavy atom. The Kier molecular flexibility index (Phi) is 7.37. The molecular formula is C24H22F6N4O3S. The summed E-state index contributed by atoms with van der Waals surface area (Å²) in [5.74, 6) is -3.72. The molecule has 0 saturated heterocycles. The molecule has 1 aromatic carbocycles. The lowest BCUT2D eigenvalue weighted by Gasteiger charge is -2.30. The molecule has 1 N–H and O–H groups in total. The summed E-state index contributed by atoms with van der Waals surface area (Å²) in [7, 11) is -4.37. The van der Waals surface area contributed by atoms with Crippen molar-refractivity contribution in [1.82, 2.24) is 14.3 Å². The number of hydrogen-bond acceptors (Lipinski definition) is 5. The molecule has 1 aliphatic rings. The lowest BCUT2D eigenvalue weighted by Crippen LogP contribution is -2.42. The predicted octanol–water partition coefficient (Wildman–Crippen LogP) is 5.91. The van der Waals surface area contributed by atoms with Crippen LogP contribution in [-0.4, -0.2) is 36.8 Å². The van der Waals surface area contributed by atoms with E-state index in [4.69, 9.17) is 0 Å². The van der Waals surface area contributed by atoms with E-state index in [-0.39, 0.29) is 33.9 Å². The van der Waals surface area contributed by atoms with Crippen molar-refractivity contribution in [2.75, 3.05) is 0 Å². The van der Waals surface area contributed by atoms with Gasteiger partial charge in [-0.25, -0.2) is 17.5 Å². The summed E-state index contributed by atoms with van der Waals surface area (Å²) in [6, 6.07) is 4.81. The smallest absolute Gasteiger partial charge is 0.393 e. The van der Waals surface area contributed by atoms with Crippen LogP contribution in [0.25, 0.3) is 22.3 Å². The number of pyridine rings is 1. The Bertz CT molecular complexity index is 1490. The van der Waals surface area contributed by atoms with Crippen molar-refractivity contribution in [1.29, 1.82) is 5.26 Å². The number of sulfonamides is 1. The Morgan fingerprint density at radius 2 is 1.89 bits per heavy atom. The van der Waals surface area contributed by atoms with Gasteiger partial charge in [0.2, 0.25) is 10.0 Å². The van der Waals surface area contributed by atoms with Crippen LogP contribution in [0.3, 0.4) is 0 Å².